The first-order chi connectivity index (χ1) is 9.08. The van der Waals surface area contributed by atoms with Gasteiger partial charge in [-0.25, -0.2) is 4.79 Å². The Bertz CT molecular complexity index is 645. The zero-order valence-corrected chi connectivity index (χ0v) is 11.5. The Balaban J connectivity index is 2.54. The predicted molar refractivity (Wildman–Crippen MR) is 73.6 cm³/mol. The van der Waals surface area contributed by atoms with Crippen LogP contribution in [0.3, 0.4) is 0 Å². The number of hydrogen-bond donors (Lipinski definition) is 0. The van der Waals surface area contributed by atoms with Crippen LogP contribution in [0, 0.1) is 0 Å². The van der Waals surface area contributed by atoms with Gasteiger partial charge in [0.25, 0.3) is 5.78 Å². The van der Waals surface area contributed by atoms with Crippen molar-refractivity contribution in [2.75, 3.05) is 6.61 Å². The van der Waals surface area contributed by atoms with E-state index in [1.54, 1.807) is 29.7 Å². The quantitative estimate of drug-likeness (QED) is 0.491. The third-order valence-corrected chi connectivity index (χ3v) is 3.11. The number of halogens is 1. The Morgan fingerprint density at radius 3 is 2.63 bits per heavy atom. The van der Waals surface area contributed by atoms with E-state index in [2.05, 4.69) is 0 Å². The Morgan fingerprint density at radius 2 is 2.00 bits per heavy atom. The standard InChI is InChI=1S/C14H14ClNO3/c1-3-16-11-6-5-10(15)7-9(11)8-12(16)13(17)14(18)19-4-2/h5-8H,3-4H2,1-2H3. The minimum absolute atomic E-state index is 0.183. The second-order valence-electron chi connectivity index (χ2n) is 4.03. The molecule has 1 heterocycles. The molecule has 0 atom stereocenters. The third-order valence-electron chi connectivity index (χ3n) is 2.87. The van der Waals surface area contributed by atoms with Crippen molar-refractivity contribution in [3.63, 3.8) is 0 Å². The molecule has 0 spiro atoms. The summed E-state index contributed by atoms with van der Waals surface area (Å²) >= 11 is 5.93. The summed E-state index contributed by atoms with van der Waals surface area (Å²) in [5, 5.41) is 1.43. The van der Waals surface area contributed by atoms with Crippen LogP contribution >= 0.6 is 11.6 Å². The molecule has 0 aliphatic rings. The molecule has 0 aliphatic carbocycles. The van der Waals surface area contributed by atoms with Crippen molar-refractivity contribution in [2.24, 2.45) is 0 Å². The summed E-state index contributed by atoms with van der Waals surface area (Å²) in [4.78, 5) is 23.6. The molecule has 0 fully saturated rings. The summed E-state index contributed by atoms with van der Waals surface area (Å²) in [7, 11) is 0. The van der Waals surface area contributed by atoms with Crippen LogP contribution < -0.4 is 0 Å². The van der Waals surface area contributed by atoms with Gasteiger partial charge in [-0.3, -0.25) is 4.79 Å². The Morgan fingerprint density at radius 1 is 1.26 bits per heavy atom. The van der Waals surface area contributed by atoms with Gasteiger partial charge in [0.1, 0.15) is 0 Å². The average molecular weight is 280 g/mol. The molecule has 1 aromatic heterocycles. The van der Waals surface area contributed by atoms with Gasteiger partial charge in [-0.15, -0.1) is 0 Å². The second-order valence-corrected chi connectivity index (χ2v) is 4.46. The average Bonchev–Trinajstić information content (AvgIpc) is 2.75. The van der Waals surface area contributed by atoms with Crippen LogP contribution in [-0.4, -0.2) is 22.9 Å². The Hall–Kier alpha value is -1.81. The number of ether oxygens (including phenoxy) is 1. The monoisotopic (exact) mass is 279 g/mol. The van der Waals surface area contributed by atoms with Gasteiger partial charge in [-0.2, -0.15) is 0 Å². The highest BCUT2D eigenvalue weighted by molar-refractivity contribution is 6.40. The van der Waals surface area contributed by atoms with E-state index in [0.29, 0.717) is 17.3 Å². The lowest BCUT2D eigenvalue weighted by atomic mass is 10.2. The second kappa shape index (κ2) is 5.45. The van der Waals surface area contributed by atoms with E-state index in [0.717, 1.165) is 10.9 Å². The van der Waals surface area contributed by atoms with Crippen LogP contribution in [-0.2, 0) is 16.1 Å². The van der Waals surface area contributed by atoms with Crippen LogP contribution in [0.4, 0.5) is 0 Å². The number of hydrogen-bond acceptors (Lipinski definition) is 3. The Labute approximate surface area is 115 Å². The van der Waals surface area contributed by atoms with Crippen LogP contribution in [0.15, 0.2) is 24.3 Å². The fourth-order valence-corrected chi connectivity index (χ4v) is 2.25. The molecule has 0 saturated carbocycles. The molecule has 0 unspecified atom stereocenters. The number of nitrogens with zero attached hydrogens (tertiary/aromatic N) is 1. The number of fused-ring (bicyclic) bond motifs is 1. The highest BCUT2D eigenvalue weighted by Crippen LogP contribution is 2.24. The summed E-state index contributed by atoms with van der Waals surface area (Å²) in [5.74, 6) is -1.46. The smallest absolute Gasteiger partial charge is 0.381 e. The van der Waals surface area contributed by atoms with Crippen molar-refractivity contribution < 1.29 is 14.3 Å². The molecule has 100 valence electrons. The molecule has 1 aromatic carbocycles. The minimum Gasteiger partial charge on any atom is -0.460 e. The molecule has 19 heavy (non-hydrogen) atoms. The first-order valence-corrected chi connectivity index (χ1v) is 6.46. The molecule has 4 nitrogen and oxygen atoms in total. The van der Waals surface area contributed by atoms with E-state index < -0.39 is 11.8 Å². The number of Topliss-reactive ketones (excluding diaryl/α,β-unsaturated/α-hetero) is 1. The number of ketones is 1. The third kappa shape index (κ3) is 2.49. The van der Waals surface area contributed by atoms with Crippen LogP contribution in [0.5, 0.6) is 0 Å². The topological polar surface area (TPSA) is 48.3 Å². The molecule has 2 rings (SSSR count). The van der Waals surface area contributed by atoms with Gasteiger partial charge in [0, 0.05) is 22.5 Å². The number of carbonyl (C=O) groups is 2. The summed E-state index contributed by atoms with van der Waals surface area (Å²) in [5.41, 5.74) is 1.21. The number of aromatic nitrogens is 1. The highest BCUT2D eigenvalue weighted by Gasteiger charge is 2.22. The summed E-state index contributed by atoms with van der Waals surface area (Å²) in [6, 6.07) is 7.03. The first-order valence-electron chi connectivity index (χ1n) is 6.08. The molecule has 0 bridgehead atoms. The largest absolute Gasteiger partial charge is 0.460 e. The van der Waals surface area contributed by atoms with Gasteiger partial charge in [0.05, 0.1) is 12.3 Å². The molecule has 0 aliphatic heterocycles. The first kappa shape index (κ1) is 13.6. The van der Waals surface area contributed by atoms with Crippen molar-refractivity contribution in [2.45, 2.75) is 20.4 Å². The number of aryl methyl sites for hydroxylation is 1. The van der Waals surface area contributed by atoms with Crippen LogP contribution in [0.25, 0.3) is 10.9 Å². The lowest BCUT2D eigenvalue weighted by Gasteiger charge is -2.06. The number of rotatable bonds is 4. The number of esters is 1. The maximum Gasteiger partial charge on any atom is 0.381 e. The van der Waals surface area contributed by atoms with E-state index >= 15 is 0 Å². The van der Waals surface area contributed by atoms with Crippen molar-refractivity contribution in [3.05, 3.63) is 35.0 Å². The molecule has 0 amide bonds. The fourth-order valence-electron chi connectivity index (χ4n) is 2.07. The SMILES string of the molecule is CCOC(=O)C(=O)c1cc2cc(Cl)ccc2n1CC. The van der Waals surface area contributed by atoms with Crippen molar-refractivity contribution in [1.29, 1.82) is 0 Å². The minimum atomic E-state index is -0.828. The maximum absolute atomic E-state index is 12.0. The molecular weight excluding hydrogens is 266 g/mol. The summed E-state index contributed by atoms with van der Waals surface area (Å²) in [6.45, 7) is 4.35. The summed E-state index contributed by atoms with van der Waals surface area (Å²) in [6.07, 6.45) is 0. The van der Waals surface area contributed by atoms with Crippen LogP contribution in [0.1, 0.15) is 24.3 Å². The fraction of sp³-hybridized carbons (Fsp3) is 0.286. The highest BCUT2D eigenvalue weighted by atomic mass is 35.5. The maximum atomic E-state index is 12.0. The Kier molecular flexibility index (Phi) is 3.90. The van der Waals surface area contributed by atoms with E-state index in [4.69, 9.17) is 16.3 Å². The van der Waals surface area contributed by atoms with E-state index in [9.17, 15) is 9.59 Å². The molecular formula is C14H14ClNO3. The van der Waals surface area contributed by atoms with Crippen molar-refractivity contribution >= 4 is 34.3 Å². The van der Waals surface area contributed by atoms with Gasteiger partial charge in [-0.05, 0) is 38.1 Å². The number of benzene rings is 1. The summed E-state index contributed by atoms with van der Waals surface area (Å²) < 4.78 is 6.53. The lowest BCUT2D eigenvalue weighted by Crippen LogP contribution is -2.20. The van der Waals surface area contributed by atoms with E-state index in [1.807, 2.05) is 13.0 Å². The van der Waals surface area contributed by atoms with Gasteiger partial charge in [0.15, 0.2) is 0 Å². The lowest BCUT2D eigenvalue weighted by molar-refractivity contribution is -0.137. The predicted octanol–water partition coefficient (Wildman–Crippen LogP) is 3.06. The normalized spacial score (nSPS) is 10.7. The molecule has 5 heteroatoms. The van der Waals surface area contributed by atoms with Crippen molar-refractivity contribution in [1.82, 2.24) is 4.57 Å². The van der Waals surface area contributed by atoms with Crippen LogP contribution in [0.2, 0.25) is 5.02 Å². The zero-order valence-electron chi connectivity index (χ0n) is 10.8. The molecule has 2 aromatic rings. The zero-order chi connectivity index (χ0) is 14.0. The van der Waals surface area contributed by atoms with Gasteiger partial charge >= 0.3 is 5.97 Å². The van der Waals surface area contributed by atoms with Crippen molar-refractivity contribution in [3.8, 4) is 0 Å². The molecule has 0 saturated heterocycles. The van der Waals surface area contributed by atoms with Gasteiger partial charge < -0.3 is 9.30 Å². The molecule has 0 radical (unpaired) electrons. The van der Waals surface area contributed by atoms with Gasteiger partial charge in [-0.1, -0.05) is 11.6 Å². The van der Waals surface area contributed by atoms with Gasteiger partial charge in [0.2, 0.25) is 0 Å². The number of carbonyl (C=O) groups excluding carboxylic acids is 2. The van der Waals surface area contributed by atoms with E-state index in [1.165, 1.54) is 0 Å². The van der Waals surface area contributed by atoms with E-state index in [-0.39, 0.29) is 6.61 Å². The molecule has 0 N–H and O–H groups in total.